The Hall–Kier alpha value is -1.39. The molecule has 4 heteroatoms. The van der Waals surface area contributed by atoms with Crippen LogP contribution in [0.1, 0.15) is 49.8 Å². The molecule has 1 saturated heterocycles. The van der Waals surface area contributed by atoms with Crippen molar-refractivity contribution in [3.8, 4) is 0 Å². The van der Waals surface area contributed by atoms with Gasteiger partial charge in [0.15, 0.2) is 0 Å². The summed E-state index contributed by atoms with van der Waals surface area (Å²) in [5.41, 5.74) is 3.86. The number of hydrogen-bond donors (Lipinski definition) is 2. The molecule has 0 amide bonds. The van der Waals surface area contributed by atoms with E-state index in [2.05, 4.69) is 28.8 Å². The van der Waals surface area contributed by atoms with E-state index in [9.17, 15) is 4.79 Å². The standard InChI is InChI=1S/C18H26N2O2/c1-18(2,3)22-17(21)16-9-13(10-20-16)14-6-4-5-12-7-8-19-11-15(12)14/h4-6,13,16,19-20H,7-11H2,1-3H3. The summed E-state index contributed by atoms with van der Waals surface area (Å²) in [6, 6.07) is 6.42. The van der Waals surface area contributed by atoms with Crippen molar-refractivity contribution in [1.29, 1.82) is 0 Å². The average Bonchev–Trinajstić information content (AvgIpc) is 2.94. The average molecular weight is 302 g/mol. The third-order valence-corrected chi connectivity index (χ3v) is 4.44. The molecule has 4 nitrogen and oxygen atoms in total. The van der Waals surface area contributed by atoms with E-state index in [0.29, 0.717) is 5.92 Å². The highest BCUT2D eigenvalue weighted by atomic mass is 16.6. The normalized spacial score (nSPS) is 24.9. The van der Waals surface area contributed by atoms with E-state index in [0.717, 1.165) is 32.5 Å². The SMILES string of the molecule is CC(C)(C)OC(=O)C1CC(c2cccc3c2CNCC3)CN1. The van der Waals surface area contributed by atoms with Crippen LogP contribution in [0.5, 0.6) is 0 Å². The summed E-state index contributed by atoms with van der Waals surface area (Å²) >= 11 is 0. The van der Waals surface area contributed by atoms with Gasteiger partial charge in [0.25, 0.3) is 0 Å². The first-order valence-electron chi connectivity index (χ1n) is 8.21. The number of rotatable bonds is 2. The molecule has 0 spiro atoms. The first-order chi connectivity index (χ1) is 10.4. The van der Waals surface area contributed by atoms with Crippen LogP contribution in [0.4, 0.5) is 0 Å². The van der Waals surface area contributed by atoms with Crippen molar-refractivity contribution in [2.45, 2.75) is 57.7 Å². The largest absolute Gasteiger partial charge is 0.459 e. The van der Waals surface area contributed by atoms with Gasteiger partial charge in [0, 0.05) is 13.1 Å². The molecular formula is C18H26N2O2. The van der Waals surface area contributed by atoms with Crippen LogP contribution in [0.15, 0.2) is 18.2 Å². The topological polar surface area (TPSA) is 50.4 Å². The number of carbonyl (C=O) groups excluding carboxylic acids is 1. The smallest absolute Gasteiger partial charge is 0.323 e. The monoisotopic (exact) mass is 302 g/mol. The summed E-state index contributed by atoms with van der Waals surface area (Å²) in [5, 5.41) is 6.80. The maximum Gasteiger partial charge on any atom is 0.323 e. The molecule has 0 aliphatic carbocycles. The van der Waals surface area contributed by atoms with E-state index in [-0.39, 0.29) is 12.0 Å². The van der Waals surface area contributed by atoms with Gasteiger partial charge in [0.05, 0.1) is 0 Å². The van der Waals surface area contributed by atoms with Gasteiger partial charge in [0.1, 0.15) is 11.6 Å². The highest BCUT2D eigenvalue weighted by Gasteiger charge is 2.34. The third kappa shape index (κ3) is 3.33. The lowest BCUT2D eigenvalue weighted by molar-refractivity contribution is -0.157. The second-order valence-electron chi connectivity index (χ2n) is 7.34. The zero-order valence-electron chi connectivity index (χ0n) is 13.7. The van der Waals surface area contributed by atoms with Crippen molar-refractivity contribution >= 4 is 5.97 Å². The first-order valence-corrected chi connectivity index (χ1v) is 8.21. The van der Waals surface area contributed by atoms with Crippen LogP contribution in [-0.2, 0) is 22.5 Å². The fourth-order valence-corrected chi connectivity index (χ4v) is 3.45. The number of ether oxygens (including phenoxy) is 1. The van der Waals surface area contributed by atoms with Crippen LogP contribution in [0, 0.1) is 0 Å². The zero-order chi connectivity index (χ0) is 15.7. The first kappa shape index (κ1) is 15.5. The molecule has 1 fully saturated rings. The fourth-order valence-electron chi connectivity index (χ4n) is 3.45. The van der Waals surface area contributed by atoms with Crippen LogP contribution in [0.25, 0.3) is 0 Å². The number of esters is 1. The molecule has 0 bridgehead atoms. The quantitative estimate of drug-likeness (QED) is 0.822. The second-order valence-corrected chi connectivity index (χ2v) is 7.34. The molecule has 2 aliphatic heterocycles. The number of nitrogens with one attached hydrogen (secondary N) is 2. The summed E-state index contributed by atoms with van der Waals surface area (Å²) in [7, 11) is 0. The Morgan fingerprint density at radius 3 is 2.91 bits per heavy atom. The van der Waals surface area contributed by atoms with Gasteiger partial charge < -0.3 is 15.4 Å². The molecular weight excluding hydrogens is 276 g/mol. The van der Waals surface area contributed by atoms with Crippen LogP contribution in [-0.4, -0.2) is 30.7 Å². The highest BCUT2D eigenvalue weighted by molar-refractivity contribution is 5.76. The van der Waals surface area contributed by atoms with Crippen molar-refractivity contribution in [2.24, 2.45) is 0 Å². The minimum absolute atomic E-state index is 0.127. The molecule has 2 unspecified atom stereocenters. The predicted octanol–water partition coefficient (Wildman–Crippen LogP) is 2.12. The van der Waals surface area contributed by atoms with Gasteiger partial charge in [0.2, 0.25) is 0 Å². The van der Waals surface area contributed by atoms with Crippen molar-refractivity contribution in [1.82, 2.24) is 10.6 Å². The van der Waals surface area contributed by atoms with E-state index in [1.54, 1.807) is 0 Å². The van der Waals surface area contributed by atoms with Crippen molar-refractivity contribution in [2.75, 3.05) is 13.1 Å². The predicted molar refractivity (Wildman–Crippen MR) is 86.8 cm³/mol. The Labute approximate surface area is 132 Å². The van der Waals surface area contributed by atoms with Gasteiger partial charge in [-0.3, -0.25) is 4.79 Å². The molecule has 0 saturated carbocycles. The lowest BCUT2D eigenvalue weighted by Crippen LogP contribution is -2.37. The Morgan fingerprint density at radius 1 is 1.32 bits per heavy atom. The fraction of sp³-hybridized carbons (Fsp3) is 0.611. The Kier molecular flexibility index (Phi) is 4.24. The number of fused-ring (bicyclic) bond motifs is 1. The molecule has 2 atom stereocenters. The van der Waals surface area contributed by atoms with Gasteiger partial charge >= 0.3 is 5.97 Å². The van der Waals surface area contributed by atoms with E-state index in [4.69, 9.17) is 4.74 Å². The lowest BCUT2D eigenvalue weighted by Gasteiger charge is -2.23. The highest BCUT2D eigenvalue weighted by Crippen LogP contribution is 2.32. The summed E-state index contributed by atoms with van der Waals surface area (Å²) in [6.07, 6.45) is 1.92. The number of hydrogen-bond acceptors (Lipinski definition) is 4. The van der Waals surface area contributed by atoms with Crippen LogP contribution in [0.2, 0.25) is 0 Å². The molecule has 2 N–H and O–H groups in total. The molecule has 0 radical (unpaired) electrons. The van der Waals surface area contributed by atoms with Crippen LogP contribution >= 0.6 is 0 Å². The van der Waals surface area contributed by atoms with E-state index < -0.39 is 5.60 Å². The van der Waals surface area contributed by atoms with Gasteiger partial charge in [-0.15, -0.1) is 0 Å². The molecule has 3 rings (SSSR count). The van der Waals surface area contributed by atoms with Gasteiger partial charge in [-0.05, 0) is 62.8 Å². The minimum atomic E-state index is -0.424. The maximum absolute atomic E-state index is 12.2. The molecule has 0 aromatic heterocycles. The molecule has 1 aromatic carbocycles. The molecule has 22 heavy (non-hydrogen) atoms. The Morgan fingerprint density at radius 2 is 2.14 bits per heavy atom. The summed E-state index contributed by atoms with van der Waals surface area (Å²) in [6.45, 7) is 8.59. The van der Waals surface area contributed by atoms with E-state index in [1.165, 1.54) is 16.7 Å². The third-order valence-electron chi connectivity index (χ3n) is 4.44. The summed E-state index contributed by atoms with van der Waals surface area (Å²) in [5.74, 6) is 0.269. The summed E-state index contributed by atoms with van der Waals surface area (Å²) < 4.78 is 5.50. The van der Waals surface area contributed by atoms with Crippen molar-refractivity contribution < 1.29 is 9.53 Å². The summed E-state index contributed by atoms with van der Waals surface area (Å²) in [4.78, 5) is 12.2. The number of carbonyl (C=O) groups is 1. The molecule has 1 aromatic rings. The maximum atomic E-state index is 12.2. The number of benzene rings is 1. The Balaban J connectivity index is 1.72. The molecule has 120 valence electrons. The van der Waals surface area contributed by atoms with Crippen LogP contribution in [0.3, 0.4) is 0 Å². The van der Waals surface area contributed by atoms with Gasteiger partial charge in [-0.25, -0.2) is 0 Å². The van der Waals surface area contributed by atoms with Crippen molar-refractivity contribution in [3.05, 3.63) is 34.9 Å². The molecule has 2 heterocycles. The Bertz CT molecular complexity index is 563. The van der Waals surface area contributed by atoms with Gasteiger partial charge in [-0.1, -0.05) is 18.2 Å². The lowest BCUT2D eigenvalue weighted by atomic mass is 9.87. The van der Waals surface area contributed by atoms with E-state index >= 15 is 0 Å². The van der Waals surface area contributed by atoms with Crippen molar-refractivity contribution in [3.63, 3.8) is 0 Å². The second kappa shape index (κ2) is 6.01. The van der Waals surface area contributed by atoms with Crippen LogP contribution < -0.4 is 10.6 Å². The minimum Gasteiger partial charge on any atom is -0.459 e. The molecule has 2 aliphatic rings. The van der Waals surface area contributed by atoms with E-state index in [1.807, 2.05) is 20.8 Å². The van der Waals surface area contributed by atoms with Gasteiger partial charge in [-0.2, -0.15) is 0 Å². The zero-order valence-corrected chi connectivity index (χ0v) is 13.7.